The predicted molar refractivity (Wildman–Crippen MR) is 84.0 cm³/mol. The zero-order valence-corrected chi connectivity index (χ0v) is 14.6. The Kier molecular flexibility index (Phi) is 7.98. The first-order valence-corrected chi connectivity index (χ1v) is 8.01. The first-order chi connectivity index (χ1) is 9.56. The summed E-state index contributed by atoms with van der Waals surface area (Å²) in [4.78, 5) is 24.5. The molecule has 0 saturated heterocycles. The Bertz CT molecular complexity index is 335. The topological polar surface area (TPSA) is 63.6 Å². The zero-order chi connectivity index (χ0) is 16.8. The summed E-state index contributed by atoms with van der Waals surface area (Å²) in [6.45, 7) is 13.7. The van der Waals surface area contributed by atoms with E-state index in [1.807, 2.05) is 48.5 Å². The summed E-state index contributed by atoms with van der Waals surface area (Å²) in [5, 5.41) is 9.72. The van der Waals surface area contributed by atoms with Crippen molar-refractivity contribution in [3.05, 3.63) is 0 Å². The molecule has 0 aliphatic rings. The molecule has 124 valence electrons. The standard InChI is InChI=1S/C17H32O4/c1-8-14(13(6)7)21-16(20)17(15(18)19,9-11(2)3)10-12(4)5/h11-14H,8-10H2,1-7H3,(H,18,19). The molecule has 1 N–H and O–H groups in total. The van der Waals surface area contributed by atoms with Crippen molar-refractivity contribution in [3.63, 3.8) is 0 Å². The molecule has 0 aliphatic heterocycles. The van der Waals surface area contributed by atoms with E-state index in [1.165, 1.54) is 0 Å². The van der Waals surface area contributed by atoms with Gasteiger partial charge in [0, 0.05) is 0 Å². The molecule has 0 radical (unpaired) electrons. The quantitative estimate of drug-likeness (QED) is 0.514. The first-order valence-electron chi connectivity index (χ1n) is 8.01. The van der Waals surface area contributed by atoms with Gasteiger partial charge in [-0.05, 0) is 37.0 Å². The van der Waals surface area contributed by atoms with E-state index in [-0.39, 0.29) is 23.9 Å². The van der Waals surface area contributed by atoms with E-state index in [1.54, 1.807) is 0 Å². The number of ether oxygens (including phenoxy) is 1. The summed E-state index contributed by atoms with van der Waals surface area (Å²) in [7, 11) is 0. The average molecular weight is 300 g/mol. The lowest BCUT2D eigenvalue weighted by Gasteiger charge is -2.33. The highest BCUT2D eigenvalue weighted by atomic mass is 16.5. The number of hydrogen-bond donors (Lipinski definition) is 1. The molecule has 0 aromatic heterocycles. The highest BCUT2D eigenvalue weighted by molar-refractivity contribution is 5.99. The second-order valence-corrected chi connectivity index (χ2v) is 7.18. The molecule has 21 heavy (non-hydrogen) atoms. The summed E-state index contributed by atoms with van der Waals surface area (Å²) < 4.78 is 5.57. The maximum atomic E-state index is 12.6. The minimum atomic E-state index is -1.43. The number of carboxylic acid groups (broad SMARTS) is 1. The Balaban J connectivity index is 5.44. The van der Waals surface area contributed by atoms with Crippen LogP contribution in [0.15, 0.2) is 0 Å². The van der Waals surface area contributed by atoms with Gasteiger partial charge in [-0.1, -0.05) is 48.5 Å². The van der Waals surface area contributed by atoms with Gasteiger partial charge >= 0.3 is 11.9 Å². The molecule has 4 heteroatoms. The van der Waals surface area contributed by atoms with Gasteiger partial charge < -0.3 is 9.84 Å². The van der Waals surface area contributed by atoms with Gasteiger partial charge in [-0.15, -0.1) is 0 Å². The van der Waals surface area contributed by atoms with Crippen molar-refractivity contribution in [2.75, 3.05) is 0 Å². The molecule has 1 atom stereocenters. The van der Waals surface area contributed by atoms with Crippen LogP contribution in [-0.4, -0.2) is 23.1 Å². The molecule has 0 heterocycles. The van der Waals surface area contributed by atoms with E-state index in [9.17, 15) is 14.7 Å². The third kappa shape index (κ3) is 5.68. The first kappa shape index (κ1) is 19.9. The number of aliphatic carboxylic acids is 1. The molecule has 0 amide bonds. The Labute approximate surface area is 129 Å². The number of esters is 1. The van der Waals surface area contributed by atoms with Crippen molar-refractivity contribution >= 4 is 11.9 Å². The molecular weight excluding hydrogens is 268 g/mol. The Morgan fingerprint density at radius 1 is 1.00 bits per heavy atom. The van der Waals surface area contributed by atoms with Crippen molar-refractivity contribution in [2.24, 2.45) is 23.2 Å². The molecule has 4 nitrogen and oxygen atoms in total. The Hall–Kier alpha value is -1.06. The maximum Gasteiger partial charge on any atom is 0.323 e. The summed E-state index contributed by atoms with van der Waals surface area (Å²) in [6, 6.07) is 0. The molecule has 0 fully saturated rings. The molecule has 0 spiro atoms. The lowest BCUT2D eigenvalue weighted by Crippen LogP contribution is -2.44. The third-order valence-corrected chi connectivity index (χ3v) is 3.72. The van der Waals surface area contributed by atoms with Crippen LogP contribution in [0.25, 0.3) is 0 Å². The summed E-state index contributed by atoms with van der Waals surface area (Å²) >= 11 is 0. The monoisotopic (exact) mass is 300 g/mol. The van der Waals surface area contributed by atoms with Crippen LogP contribution in [0.1, 0.15) is 67.7 Å². The minimum Gasteiger partial charge on any atom is -0.480 e. The Morgan fingerprint density at radius 2 is 1.43 bits per heavy atom. The number of carboxylic acids is 1. The summed E-state index contributed by atoms with van der Waals surface area (Å²) in [5.41, 5.74) is -1.43. The molecule has 0 aromatic rings. The fourth-order valence-corrected chi connectivity index (χ4v) is 2.85. The van der Waals surface area contributed by atoms with Gasteiger partial charge in [0.05, 0.1) is 0 Å². The average Bonchev–Trinajstić information content (AvgIpc) is 2.32. The maximum absolute atomic E-state index is 12.6. The van der Waals surface area contributed by atoms with Gasteiger partial charge in [0.1, 0.15) is 6.10 Å². The van der Waals surface area contributed by atoms with E-state index in [4.69, 9.17) is 4.74 Å². The largest absolute Gasteiger partial charge is 0.480 e. The van der Waals surface area contributed by atoms with Crippen molar-refractivity contribution in [3.8, 4) is 0 Å². The lowest BCUT2D eigenvalue weighted by atomic mass is 9.74. The van der Waals surface area contributed by atoms with E-state index < -0.39 is 17.4 Å². The van der Waals surface area contributed by atoms with Crippen LogP contribution in [0, 0.1) is 23.2 Å². The SMILES string of the molecule is CCC(OC(=O)C(CC(C)C)(CC(C)C)C(=O)O)C(C)C. The normalized spacial score (nSPS) is 13.8. The molecule has 0 aliphatic carbocycles. The summed E-state index contributed by atoms with van der Waals surface area (Å²) in [5.74, 6) is -1.21. The van der Waals surface area contributed by atoms with Gasteiger partial charge in [-0.3, -0.25) is 9.59 Å². The second kappa shape index (κ2) is 8.40. The van der Waals surface area contributed by atoms with Crippen molar-refractivity contribution in [2.45, 2.75) is 73.8 Å². The van der Waals surface area contributed by atoms with Gasteiger partial charge in [-0.2, -0.15) is 0 Å². The smallest absolute Gasteiger partial charge is 0.323 e. The molecule has 0 bridgehead atoms. The van der Waals surface area contributed by atoms with Gasteiger partial charge in [0.2, 0.25) is 0 Å². The Morgan fingerprint density at radius 3 is 1.67 bits per heavy atom. The molecule has 0 saturated carbocycles. The molecular formula is C17H32O4. The highest BCUT2D eigenvalue weighted by Crippen LogP contribution is 2.36. The number of carbonyl (C=O) groups excluding carboxylic acids is 1. The van der Waals surface area contributed by atoms with E-state index in [0.717, 1.165) is 0 Å². The van der Waals surface area contributed by atoms with Gasteiger partial charge in [0.15, 0.2) is 5.41 Å². The fourth-order valence-electron chi connectivity index (χ4n) is 2.85. The van der Waals surface area contributed by atoms with Gasteiger partial charge in [0.25, 0.3) is 0 Å². The third-order valence-electron chi connectivity index (χ3n) is 3.72. The molecule has 1 unspecified atom stereocenters. The van der Waals surface area contributed by atoms with Crippen molar-refractivity contribution in [1.82, 2.24) is 0 Å². The lowest BCUT2D eigenvalue weighted by molar-refractivity contribution is -0.177. The van der Waals surface area contributed by atoms with Crippen LogP contribution in [0.4, 0.5) is 0 Å². The van der Waals surface area contributed by atoms with Crippen LogP contribution in [0.3, 0.4) is 0 Å². The number of rotatable bonds is 9. The van der Waals surface area contributed by atoms with Crippen molar-refractivity contribution < 1.29 is 19.4 Å². The van der Waals surface area contributed by atoms with Crippen LogP contribution < -0.4 is 0 Å². The second-order valence-electron chi connectivity index (χ2n) is 7.18. The minimum absolute atomic E-state index is 0.117. The van der Waals surface area contributed by atoms with E-state index in [2.05, 4.69) is 0 Å². The van der Waals surface area contributed by atoms with E-state index >= 15 is 0 Å². The van der Waals surface area contributed by atoms with Crippen LogP contribution in [-0.2, 0) is 14.3 Å². The number of hydrogen-bond acceptors (Lipinski definition) is 3. The van der Waals surface area contributed by atoms with E-state index in [0.29, 0.717) is 19.3 Å². The summed E-state index contributed by atoms with van der Waals surface area (Å²) in [6.07, 6.45) is 1.10. The van der Waals surface area contributed by atoms with Crippen molar-refractivity contribution in [1.29, 1.82) is 0 Å². The molecule has 0 aromatic carbocycles. The highest BCUT2D eigenvalue weighted by Gasteiger charge is 2.49. The zero-order valence-electron chi connectivity index (χ0n) is 14.6. The van der Waals surface area contributed by atoms with Crippen LogP contribution in [0.2, 0.25) is 0 Å². The van der Waals surface area contributed by atoms with Crippen LogP contribution >= 0.6 is 0 Å². The van der Waals surface area contributed by atoms with Crippen LogP contribution in [0.5, 0.6) is 0 Å². The van der Waals surface area contributed by atoms with Gasteiger partial charge in [-0.25, -0.2) is 0 Å². The molecule has 0 rings (SSSR count). The predicted octanol–water partition coefficient (Wildman–Crippen LogP) is 4.13. The fraction of sp³-hybridized carbons (Fsp3) is 0.882. The number of carbonyl (C=O) groups is 2.